The van der Waals surface area contributed by atoms with Crippen LogP contribution in [-0.2, 0) is 16.6 Å². The van der Waals surface area contributed by atoms with Gasteiger partial charge in [-0.15, -0.1) is 0 Å². The summed E-state index contributed by atoms with van der Waals surface area (Å²) in [6.45, 7) is 2.87. The van der Waals surface area contributed by atoms with Crippen LogP contribution in [0.4, 0.5) is 0 Å². The van der Waals surface area contributed by atoms with Gasteiger partial charge in [0.05, 0.1) is 18.0 Å². The summed E-state index contributed by atoms with van der Waals surface area (Å²) >= 11 is 0. The van der Waals surface area contributed by atoms with E-state index in [1.807, 2.05) is 0 Å². The first-order valence-electron chi connectivity index (χ1n) is 6.18. The fourth-order valence-electron chi connectivity index (χ4n) is 2.08. The molecule has 7 heteroatoms. The Kier molecular flexibility index (Phi) is 4.36. The lowest BCUT2D eigenvalue weighted by Gasteiger charge is -2.23. The Hall–Kier alpha value is -0.920. The highest BCUT2D eigenvalue weighted by Crippen LogP contribution is 2.09. The number of hydrogen-bond donors (Lipinski definition) is 2. The SMILES string of the molecule is Cc1cc(CNS(=O)(=O)CC2CCCCN2)no1. The quantitative estimate of drug-likeness (QED) is 0.818. The minimum absolute atomic E-state index is 0.0651. The molecule has 0 bridgehead atoms. The molecule has 0 radical (unpaired) electrons. The molecule has 1 saturated heterocycles. The number of nitrogens with one attached hydrogen (secondary N) is 2. The monoisotopic (exact) mass is 273 g/mol. The fourth-order valence-corrected chi connectivity index (χ4v) is 3.38. The summed E-state index contributed by atoms with van der Waals surface area (Å²) in [5.74, 6) is 0.808. The van der Waals surface area contributed by atoms with Crippen molar-refractivity contribution in [1.29, 1.82) is 0 Å². The van der Waals surface area contributed by atoms with Crippen molar-refractivity contribution in [2.75, 3.05) is 12.3 Å². The Labute approximate surface area is 107 Å². The summed E-state index contributed by atoms with van der Waals surface area (Å²) in [7, 11) is -3.26. The molecule has 0 aliphatic carbocycles. The standard InChI is InChI=1S/C11H19N3O3S/c1-9-6-11(14-17-9)7-13-18(15,16)8-10-4-2-3-5-12-10/h6,10,12-13H,2-5,7-8H2,1H3. The van der Waals surface area contributed by atoms with E-state index in [1.165, 1.54) is 0 Å². The Morgan fingerprint density at radius 1 is 1.56 bits per heavy atom. The maximum Gasteiger partial charge on any atom is 0.213 e. The number of sulfonamides is 1. The van der Waals surface area contributed by atoms with Crippen LogP contribution in [-0.4, -0.2) is 31.9 Å². The average Bonchev–Trinajstić information content (AvgIpc) is 2.74. The van der Waals surface area contributed by atoms with Crippen LogP contribution >= 0.6 is 0 Å². The molecule has 0 amide bonds. The molecule has 1 aliphatic heterocycles. The van der Waals surface area contributed by atoms with Gasteiger partial charge in [0.25, 0.3) is 0 Å². The van der Waals surface area contributed by atoms with Gasteiger partial charge in [-0.3, -0.25) is 0 Å². The molecule has 2 N–H and O–H groups in total. The first-order chi connectivity index (χ1) is 8.55. The van der Waals surface area contributed by atoms with E-state index in [1.54, 1.807) is 13.0 Å². The van der Waals surface area contributed by atoms with Crippen molar-refractivity contribution in [1.82, 2.24) is 15.2 Å². The number of piperidine rings is 1. The molecule has 18 heavy (non-hydrogen) atoms. The second kappa shape index (κ2) is 5.81. The van der Waals surface area contributed by atoms with E-state index in [4.69, 9.17) is 4.52 Å². The highest BCUT2D eigenvalue weighted by Gasteiger charge is 2.20. The molecule has 0 spiro atoms. The summed E-state index contributed by atoms with van der Waals surface area (Å²) in [6.07, 6.45) is 3.14. The van der Waals surface area contributed by atoms with Gasteiger partial charge in [0.2, 0.25) is 10.0 Å². The third-order valence-electron chi connectivity index (χ3n) is 2.98. The topological polar surface area (TPSA) is 84.2 Å². The van der Waals surface area contributed by atoms with E-state index in [9.17, 15) is 8.42 Å². The van der Waals surface area contributed by atoms with Crippen molar-refractivity contribution in [3.63, 3.8) is 0 Å². The summed E-state index contributed by atoms with van der Waals surface area (Å²) in [4.78, 5) is 0. The van der Waals surface area contributed by atoms with Crippen LogP contribution in [0.5, 0.6) is 0 Å². The highest BCUT2D eigenvalue weighted by molar-refractivity contribution is 7.89. The van der Waals surface area contributed by atoms with Crippen molar-refractivity contribution in [2.45, 2.75) is 38.8 Å². The van der Waals surface area contributed by atoms with E-state index >= 15 is 0 Å². The molecule has 1 unspecified atom stereocenters. The molecule has 1 aromatic rings. The maximum atomic E-state index is 11.9. The maximum absolute atomic E-state index is 11.9. The molecule has 1 fully saturated rings. The van der Waals surface area contributed by atoms with Gasteiger partial charge < -0.3 is 9.84 Å². The third kappa shape index (κ3) is 4.08. The molecule has 2 heterocycles. The Morgan fingerprint density at radius 2 is 2.39 bits per heavy atom. The zero-order valence-corrected chi connectivity index (χ0v) is 11.3. The molecule has 1 aromatic heterocycles. The lowest BCUT2D eigenvalue weighted by molar-refractivity contribution is 0.389. The minimum Gasteiger partial charge on any atom is -0.361 e. The minimum atomic E-state index is -3.26. The van der Waals surface area contributed by atoms with Crippen LogP contribution in [0.3, 0.4) is 0 Å². The lowest BCUT2D eigenvalue weighted by Crippen LogP contribution is -2.42. The van der Waals surface area contributed by atoms with E-state index in [2.05, 4.69) is 15.2 Å². The van der Waals surface area contributed by atoms with Gasteiger partial charge in [0.15, 0.2) is 0 Å². The smallest absolute Gasteiger partial charge is 0.213 e. The number of hydrogen-bond acceptors (Lipinski definition) is 5. The van der Waals surface area contributed by atoms with E-state index < -0.39 is 10.0 Å². The number of aromatic nitrogens is 1. The van der Waals surface area contributed by atoms with E-state index in [0.29, 0.717) is 11.5 Å². The molecule has 0 saturated carbocycles. The van der Waals surface area contributed by atoms with E-state index in [0.717, 1.165) is 25.8 Å². The summed E-state index contributed by atoms with van der Waals surface area (Å²) in [6, 6.07) is 1.79. The van der Waals surface area contributed by atoms with Crippen LogP contribution in [0.15, 0.2) is 10.6 Å². The highest BCUT2D eigenvalue weighted by atomic mass is 32.2. The van der Waals surface area contributed by atoms with Crippen LogP contribution in [0.25, 0.3) is 0 Å². The molecular weight excluding hydrogens is 254 g/mol. The van der Waals surface area contributed by atoms with E-state index in [-0.39, 0.29) is 18.3 Å². The van der Waals surface area contributed by atoms with Crippen LogP contribution < -0.4 is 10.0 Å². The predicted octanol–water partition coefficient (Wildman–Crippen LogP) is 0.545. The van der Waals surface area contributed by atoms with Crippen LogP contribution in [0.1, 0.15) is 30.7 Å². The first-order valence-corrected chi connectivity index (χ1v) is 7.83. The number of aryl methyl sites for hydroxylation is 1. The van der Waals surface area contributed by atoms with Crippen molar-refractivity contribution in [2.24, 2.45) is 0 Å². The normalized spacial score (nSPS) is 21.1. The van der Waals surface area contributed by atoms with Crippen molar-refractivity contribution in [3.8, 4) is 0 Å². The Bertz CT molecular complexity index is 477. The molecule has 1 aliphatic rings. The van der Waals surface area contributed by atoms with Crippen molar-refractivity contribution in [3.05, 3.63) is 17.5 Å². The fraction of sp³-hybridized carbons (Fsp3) is 0.727. The molecule has 2 rings (SSSR count). The largest absolute Gasteiger partial charge is 0.361 e. The Morgan fingerprint density at radius 3 is 3.00 bits per heavy atom. The first kappa shape index (κ1) is 13.5. The van der Waals surface area contributed by atoms with Crippen molar-refractivity contribution < 1.29 is 12.9 Å². The van der Waals surface area contributed by atoms with Gasteiger partial charge in [0, 0.05) is 12.1 Å². The zero-order valence-electron chi connectivity index (χ0n) is 10.5. The second-order valence-electron chi connectivity index (χ2n) is 4.68. The third-order valence-corrected chi connectivity index (χ3v) is 4.41. The van der Waals surface area contributed by atoms with Gasteiger partial charge in [-0.25, -0.2) is 13.1 Å². The number of nitrogens with zero attached hydrogens (tertiary/aromatic N) is 1. The van der Waals surface area contributed by atoms with Crippen LogP contribution in [0.2, 0.25) is 0 Å². The molecule has 6 nitrogen and oxygen atoms in total. The molecule has 0 aromatic carbocycles. The van der Waals surface area contributed by atoms with Crippen molar-refractivity contribution >= 4 is 10.0 Å². The Balaban J connectivity index is 1.83. The van der Waals surface area contributed by atoms with Gasteiger partial charge in [0.1, 0.15) is 5.76 Å². The summed E-state index contributed by atoms with van der Waals surface area (Å²) in [5.41, 5.74) is 0.604. The lowest BCUT2D eigenvalue weighted by atomic mass is 10.1. The second-order valence-corrected chi connectivity index (χ2v) is 6.53. The summed E-state index contributed by atoms with van der Waals surface area (Å²) < 4.78 is 31.2. The van der Waals surface area contributed by atoms with Gasteiger partial charge >= 0.3 is 0 Å². The molecular formula is C11H19N3O3S. The average molecular weight is 273 g/mol. The molecule has 102 valence electrons. The van der Waals surface area contributed by atoms with Gasteiger partial charge in [-0.05, 0) is 26.3 Å². The van der Waals surface area contributed by atoms with Crippen LogP contribution in [0, 0.1) is 6.92 Å². The molecule has 1 atom stereocenters. The predicted molar refractivity (Wildman–Crippen MR) is 67.5 cm³/mol. The zero-order chi connectivity index (χ0) is 13.0. The number of rotatable bonds is 5. The van der Waals surface area contributed by atoms with Gasteiger partial charge in [-0.2, -0.15) is 0 Å². The van der Waals surface area contributed by atoms with Gasteiger partial charge in [-0.1, -0.05) is 11.6 Å². The summed E-state index contributed by atoms with van der Waals surface area (Å²) in [5, 5.41) is 6.97.